The minimum absolute atomic E-state index is 0.153. The van der Waals surface area contributed by atoms with Gasteiger partial charge in [0.15, 0.2) is 5.79 Å². The van der Waals surface area contributed by atoms with E-state index < -0.39 is 5.79 Å². The molecule has 0 radical (unpaired) electrons. The van der Waals surface area contributed by atoms with Crippen LogP contribution in [-0.4, -0.2) is 25.6 Å². The van der Waals surface area contributed by atoms with Crippen LogP contribution in [-0.2, 0) is 9.47 Å². The Hall–Kier alpha value is -1.32. The van der Waals surface area contributed by atoms with Crippen LogP contribution < -0.4 is 4.74 Å². The fourth-order valence-electron chi connectivity index (χ4n) is 1.80. The summed E-state index contributed by atoms with van der Waals surface area (Å²) in [6.07, 6.45) is 4.09. The Kier molecular flexibility index (Phi) is 3.50. The van der Waals surface area contributed by atoms with Crippen molar-refractivity contribution in [2.24, 2.45) is 0 Å². The second kappa shape index (κ2) is 4.90. The van der Waals surface area contributed by atoms with Crippen LogP contribution in [0.3, 0.4) is 0 Å². The predicted molar refractivity (Wildman–Crippen MR) is 66.9 cm³/mol. The molecule has 0 saturated carbocycles. The lowest BCUT2D eigenvalue weighted by Crippen LogP contribution is -2.22. The molecule has 1 fully saturated rings. The van der Waals surface area contributed by atoms with Crippen molar-refractivity contribution in [2.45, 2.75) is 25.7 Å². The first-order valence-electron chi connectivity index (χ1n) is 5.76. The van der Waals surface area contributed by atoms with Gasteiger partial charge in [-0.15, -0.1) is 0 Å². The van der Waals surface area contributed by atoms with Crippen molar-refractivity contribution in [3.8, 4) is 5.75 Å². The van der Waals surface area contributed by atoms with E-state index in [4.69, 9.17) is 14.2 Å². The van der Waals surface area contributed by atoms with Crippen molar-refractivity contribution in [2.75, 3.05) is 13.7 Å². The molecule has 0 unspecified atom stereocenters. The van der Waals surface area contributed by atoms with Crippen LogP contribution in [0, 0.1) is 0 Å². The van der Waals surface area contributed by atoms with Crippen LogP contribution in [0.4, 0.5) is 0 Å². The number of hydrogen-bond donors (Lipinski definition) is 0. The molecule has 0 spiro atoms. The van der Waals surface area contributed by atoms with Gasteiger partial charge in [-0.05, 0) is 37.6 Å². The van der Waals surface area contributed by atoms with Crippen LogP contribution in [0.5, 0.6) is 5.75 Å². The highest BCUT2D eigenvalue weighted by atomic mass is 16.7. The number of rotatable bonds is 3. The van der Waals surface area contributed by atoms with E-state index >= 15 is 0 Å². The number of ether oxygens (including phenoxy) is 3. The zero-order chi connectivity index (χ0) is 12.3. The molecule has 1 aliphatic rings. The van der Waals surface area contributed by atoms with Gasteiger partial charge in [0, 0.05) is 0 Å². The summed E-state index contributed by atoms with van der Waals surface area (Å²) < 4.78 is 16.4. The smallest absolute Gasteiger partial charge is 0.185 e. The maximum Gasteiger partial charge on any atom is 0.185 e. The van der Waals surface area contributed by atoms with E-state index in [0.717, 1.165) is 11.3 Å². The van der Waals surface area contributed by atoms with Gasteiger partial charge < -0.3 is 14.2 Å². The zero-order valence-electron chi connectivity index (χ0n) is 10.5. The highest BCUT2D eigenvalue weighted by Gasteiger charge is 2.32. The molecule has 2 atom stereocenters. The molecule has 3 heteroatoms. The minimum Gasteiger partial charge on any atom is -0.497 e. The van der Waals surface area contributed by atoms with Crippen LogP contribution >= 0.6 is 0 Å². The Morgan fingerprint density at radius 3 is 2.59 bits per heavy atom. The normalized spacial score (nSPS) is 28.8. The van der Waals surface area contributed by atoms with Gasteiger partial charge in [0.1, 0.15) is 5.75 Å². The first-order valence-corrected chi connectivity index (χ1v) is 5.76. The summed E-state index contributed by atoms with van der Waals surface area (Å²) in [5.41, 5.74) is 1.10. The highest BCUT2D eigenvalue weighted by molar-refractivity contribution is 5.51. The van der Waals surface area contributed by atoms with Crippen molar-refractivity contribution in [1.29, 1.82) is 0 Å². The Labute approximate surface area is 102 Å². The standard InChI is InChI=1S/C14H18O3/c1-11-10-16-14(2,17-11)9-8-12-4-6-13(15-3)7-5-12/h4-9,11H,10H2,1-3H3/b9-8-/t11-,14+/m0/s1. The fraction of sp³-hybridized carbons (Fsp3) is 0.429. The lowest BCUT2D eigenvalue weighted by Gasteiger charge is -2.18. The van der Waals surface area contributed by atoms with Crippen LogP contribution in [0.2, 0.25) is 0 Å². The summed E-state index contributed by atoms with van der Waals surface area (Å²) in [6.45, 7) is 4.58. The SMILES string of the molecule is COc1ccc(/C=C\[C@]2(C)OC[C@H](C)O2)cc1. The van der Waals surface area contributed by atoms with E-state index in [-0.39, 0.29) is 6.10 Å². The summed E-state index contributed by atoms with van der Waals surface area (Å²) in [4.78, 5) is 0. The first kappa shape index (κ1) is 12.1. The van der Waals surface area contributed by atoms with E-state index in [2.05, 4.69) is 0 Å². The molecule has 92 valence electrons. The van der Waals surface area contributed by atoms with Gasteiger partial charge in [-0.3, -0.25) is 0 Å². The van der Waals surface area contributed by atoms with Crippen LogP contribution in [0.15, 0.2) is 30.3 Å². The second-order valence-electron chi connectivity index (χ2n) is 4.36. The van der Waals surface area contributed by atoms with Gasteiger partial charge >= 0.3 is 0 Å². The summed E-state index contributed by atoms with van der Waals surface area (Å²) in [5, 5.41) is 0. The van der Waals surface area contributed by atoms with Gasteiger partial charge in [-0.1, -0.05) is 18.2 Å². The molecule has 17 heavy (non-hydrogen) atoms. The van der Waals surface area contributed by atoms with Gasteiger partial charge in [-0.25, -0.2) is 0 Å². The molecule has 3 nitrogen and oxygen atoms in total. The molecule has 1 saturated heterocycles. The molecule has 0 bridgehead atoms. The van der Waals surface area contributed by atoms with Crippen molar-refractivity contribution in [3.05, 3.63) is 35.9 Å². The molecule has 0 aliphatic carbocycles. The second-order valence-corrected chi connectivity index (χ2v) is 4.36. The van der Waals surface area contributed by atoms with E-state index in [1.54, 1.807) is 7.11 Å². The maximum atomic E-state index is 5.68. The summed E-state index contributed by atoms with van der Waals surface area (Å²) >= 11 is 0. The van der Waals surface area contributed by atoms with Crippen molar-refractivity contribution >= 4 is 6.08 Å². The molecule has 0 aromatic heterocycles. The van der Waals surface area contributed by atoms with E-state index in [1.165, 1.54) is 0 Å². The molecule has 1 aromatic rings. The Balaban J connectivity index is 2.04. The molecule has 1 aliphatic heterocycles. The number of benzene rings is 1. The van der Waals surface area contributed by atoms with Crippen molar-refractivity contribution in [1.82, 2.24) is 0 Å². The van der Waals surface area contributed by atoms with Gasteiger partial charge in [0.05, 0.1) is 19.8 Å². The Morgan fingerprint density at radius 1 is 1.35 bits per heavy atom. The summed E-state index contributed by atoms with van der Waals surface area (Å²) in [7, 11) is 1.66. The molecular weight excluding hydrogens is 216 g/mol. The van der Waals surface area contributed by atoms with E-state index in [0.29, 0.717) is 6.61 Å². The number of methoxy groups -OCH3 is 1. The summed E-state index contributed by atoms with van der Waals surface area (Å²) in [6, 6.07) is 7.86. The first-order chi connectivity index (χ1) is 8.11. The largest absolute Gasteiger partial charge is 0.497 e. The van der Waals surface area contributed by atoms with E-state index in [9.17, 15) is 0 Å². The molecule has 0 amide bonds. The maximum absolute atomic E-state index is 5.68. The molecule has 2 rings (SSSR count). The third-order valence-corrected chi connectivity index (χ3v) is 2.73. The third-order valence-electron chi connectivity index (χ3n) is 2.73. The molecule has 1 heterocycles. The minimum atomic E-state index is -0.598. The third kappa shape index (κ3) is 3.08. The van der Waals surface area contributed by atoms with Crippen molar-refractivity contribution < 1.29 is 14.2 Å². The molecule has 0 N–H and O–H groups in total. The highest BCUT2D eigenvalue weighted by Crippen LogP contribution is 2.25. The average Bonchev–Trinajstić information content (AvgIpc) is 2.68. The zero-order valence-corrected chi connectivity index (χ0v) is 10.5. The van der Waals surface area contributed by atoms with Gasteiger partial charge in [-0.2, -0.15) is 0 Å². The lowest BCUT2D eigenvalue weighted by molar-refractivity contribution is -0.110. The quantitative estimate of drug-likeness (QED) is 0.805. The van der Waals surface area contributed by atoms with Crippen LogP contribution in [0.25, 0.3) is 6.08 Å². The topological polar surface area (TPSA) is 27.7 Å². The lowest BCUT2D eigenvalue weighted by atomic mass is 10.1. The Morgan fingerprint density at radius 2 is 2.06 bits per heavy atom. The number of hydrogen-bond acceptors (Lipinski definition) is 3. The monoisotopic (exact) mass is 234 g/mol. The van der Waals surface area contributed by atoms with Crippen molar-refractivity contribution in [3.63, 3.8) is 0 Å². The molecular formula is C14H18O3. The predicted octanol–water partition coefficient (Wildman–Crippen LogP) is 2.86. The fourth-order valence-corrected chi connectivity index (χ4v) is 1.80. The summed E-state index contributed by atoms with van der Waals surface area (Å²) in [5.74, 6) is 0.259. The van der Waals surface area contributed by atoms with E-state index in [1.807, 2.05) is 50.3 Å². The van der Waals surface area contributed by atoms with Gasteiger partial charge in [0.25, 0.3) is 0 Å². The Bertz CT molecular complexity index is 396. The van der Waals surface area contributed by atoms with Gasteiger partial charge in [0.2, 0.25) is 0 Å². The molecule has 1 aromatic carbocycles. The van der Waals surface area contributed by atoms with Crippen LogP contribution in [0.1, 0.15) is 19.4 Å². The average molecular weight is 234 g/mol.